The van der Waals surface area contributed by atoms with Crippen LogP contribution in [-0.2, 0) is 4.74 Å². The first kappa shape index (κ1) is 12.4. The van der Waals surface area contributed by atoms with Gasteiger partial charge in [-0.15, -0.1) is 0 Å². The van der Waals surface area contributed by atoms with Gasteiger partial charge in [0.15, 0.2) is 0 Å². The van der Waals surface area contributed by atoms with Crippen molar-refractivity contribution in [2.75, 3.05) is 26.8 Å². The first-order chi connectivity index (χ1) is 7.77. The fourth-order valence-electron chi connectivity index (χ4n) is 1.06. The Balaban J connectivity index is 2.50. The lowest BCUT2D eigenvalue weighted by atomic mass is 10.3. The molecule has 0 bridgehead atoms. The Morgan fingerprint density at radius 1 is 1.50 bits per heavy atom. The summed E-state index contributed by atoms with van der Waals surface area (Å²) < 4.78 is 10.2. The molecule has 1 rings (SSSR count). The molecular formula is C11H16N2O3. The molecule has 88 valence electrons. The average molecular weight is 224 g/mol. The largest absolute Gasteiger partial charge is 0.491 e. The number of hydrogen-bond acceptors (Lipinski definition) is 5. The van der Waals surface area contributed by atoms with Gasteiger partial charge in [0.25, 0.3) is 0 Å². The van der Waals surface area contributed by atoms with Crippen LogP contribution in [0.1, 0.15) is 17.4 Å². The number of aromatic nitrogens is 1. The minimum atomic E-state index is -0.413. The monoisotopic (exact) mass is 224 g/mol. The summed E-state index contributed by atoms with van der Waals surface area (Å²) >= 11 is 0. The van der Waals surface area contributed by atoms with E-state index in [2.05, 4.69) is 10.3 Å². The van der Waals surface area contributed by atoms with E-state index in [1.807, 2.05) is 7.05 Å². The summed E-state index contributed by atoms with van der Waals surface area (Å²) in [6.45, 7) is 3.44. The Bertz CT molecular complexity index is 325. The summed E-state index contributed by atoms with van der Waals surface area (Å²) in [5, 5.41) is 2.96. The lowest BCUT2D eigenvalue weighted by Crippen LogP contribution is -2.16. The van der Waals surface area contributed by atoms with Crippen LogP contribution in [0.5, 0.6) is 5.75 Å². The Morgan fingerprint density at radius 3 is 2.88 bits per heavy atom. The van der Waals surface area contributed by atoms with Crippen LogP contribution in [0.15, 0.2) is 18.3 Å². The van der Waals surface area contributed by atoms with Crippen LogP contribution >= 0.6 is 0 Å². The number of ether oxygens (including phenoxy) is 2. The maximum atomic E-state index is 11.3. The van der Waals surface area contributed by atoms with Crippen LogP contribution < -0.4 is 10.1 Å². The molecule has 0 aromatic carbocycles. The van der Waals surface area contributed by atoms with Crippen LogP contribution in [0, 0.1) is 0 Å². The molecule has 1 heterocycles. The number of nitrogens with zero attached hydrogens (tertiary/aromatic N) is 1. The SMILES string of the molecule is CCOC(=O)c1ccc(OCCNC)cn1. The van der Waals surface area contributed by atoms with E-state index in [4.69, 9.17) is 9.47 Å². The van der Waals surface area contributed by atoms with Crippen molar-refractivity contribution >= 4 is 5.97 Å². The van der Waals surface area contributed by atoms with E-state index >= 15 is 0 Å². The van der Waals surface area contributed by atoms with Gasteiger partial charge in [-0.1, -0.05) is 0 Å². The van der Waals surface area contributed by atoms with Crippen LogP contribution in [-0.4, -0.2) is 37.8 Å². The van der Waals surface area contributed by atoms with Crippen molar-refractivity contribution < 1.29 is 14.3 Å². The van der Waals surface area contributed by atoms with E-state index in [9.17, 15) is 4.79 Å². The molecule has 1 aromatic heterocycles. The number of carbonyl (C=O) groups is 1. The quantitative estimate of drug-likeness (QED) is 0.573. The molecule has 5 heteroatoms. The number of hydrogen-bond donors (Lipinski definition) is 1. The lowest BCUT2D eigenvalue weighted by molar-refractivity contribution is 0.0519. The predicted octanol–water partition coefficient (Wildman–Crippen LogP) is 0.857. The Labute approximate surface area is 94.8 Å². The number of nitrogens with one attached hydrogen (secondary N) is 1. The van der Waals surface area contributed by atoms with Gasteiger partial charge in [-0.05, 0) is 26.1 Å². The number of pyridine rings is 1. The molecule has 1 aromatic rings. The van der Waals surface area contributed by atoms with Gasteiger partial charge >= 0.3 is 5.97 Å². The molecule has 0 fully saturated rings. The summed E-state index contributed by atoms with van der Waals surface area (Å²) in [6, 6.07) is 3.29. The first-order valence-electron chi connectivity index (χ1n) is 5.18. The summed E-state index contributed by atoms with van der Waals surface area (Å²) in [5.74, 6) is 0.229. The Morgan fingerprint density at radius 2 is 2.31 bits per heavy atom. The zero-order chi connectivity index (χ0) is 11.8. The molecule has 1 N–H and O–H groups in total. The third-order valence-electron chi connectivity index (χ3n) is 1.84. The zero-order valence-corrected chi connectivity index (χ0v) is 9.53. The zero-order valence-electron chi connectivity index (χ0n) is 9.53. The van der Waals surface area contributed by atoms with Gasteiger partial charge in [-0.3, -0.25) is 0 Å². The molecule has 16 heavy (non-hydrogen) atoms. The topological polar surface area (TPSA) is 60.5 Å². The smallest absolute Gasteiger partial charge is 0.356 e. The van der Waals surface area contributed by atoms with Gasteiger partial charge in [0.1, 0.15) is 18.1 Å². The number of esters is 1. The van der Waals surface area contributed by atoms with E-state index in [0.29, 0.717) is 24.7 Å². The number of likely N-dealkylation sites (N-methyl/N-ethyl adjacent to an activating group) is 1. The van der Waals surface area contributed by atoms with E-state index < -0.39 is 5.97 Å². The molecule has 0 saturated heterocycles. The number of carbonyl (C=O) groups excluding carboxylic acids is 1. The highest BCUT2D eigenvalue weighted by Crippen LogP contribution is 2.09. The molecule has 0 saturated carbocycles. The molecule has 0 amide bonds. The van der Waals surface area contributed by atoms with Gasteiger partial charge < -0.3 is 14.8 Å². The molecule has 0 unspecified atom stereocenters. The highest BCUT2D eigenvalue weighted by molar-refractivity contribution is 5.87. The third kappa shape index (κ3) is 3.86. The molecule has 0 aliphatic heterocycles. The second-order valence-corrected chi connectivity index (χ2v) is 3.05. The summed E-state index contributed by atoms with van der Waals surface area (Å²) in [4.78, 5) is 15.2. The molecule has 0 aliphatic rings. The molecule has 5 nitrogen and oxygen atoms in total. The lowest BCUT2D eigenvalue weighted by Gasteiger charge is -2.05. The van der Waals surface area contributed by atoms with Crippen LogP contribution in [0.3, 0.4) is 0 Å². The van der Waals surface area contributed by atoms with Crippen molar-refractivity contribution in [3.8, 4) is 5.75 Å². The highest BCUT2D eigenvalue weighted by Gasteiger charge is 2.07. The van der Waals surface area contributed by atoms with Crippen molar-refractivity contribution in [3.63, 3.8) is 0 Å². The van der Waals surface area contributed by atoms with Gasteiger partial charge in [0.05, 0.1) is 12.8 Å². The van der Waals surface area contributed by atoms with Crippen molar-refractivity contribution in [2.45, 2.75) is 6.92 Å². The van der Waals surface area contributed by atoms with Crippen molar-refractivity contribution in [1.29, 1.82) is 0 Å². The standard InChI is InChI=1S/C11H16N2O3/c1-3-15-11(14)10-5-4-9(8-13-10)16-7-6-12-2/h4-5,8,12H,3,6-7H2,1-2H3. The van der Waals surface area contributed by atoms with Crippen molar-refractivity contribution in [1.82, 2.24) is 10.3 Å². The number of rotatable bonds is 6. The van der Waals surface area contributed by atoms with Crippen molar-refractivity contribution in [3.05, 3.63) is 24.0 Å². The van der Waals surface area contributed by atoms with E-state index in [1.54, 1.807) is 19.1 Å². The van der Waals surface area contributed by atoms with Gasteiger partial charge in [-0.2, -0.15) is 0 Å². The average Bonchev–Trinajstić information content (AvgIpc) is 2.30. The summed E-state index contributed by atoms with van der Waals surface area (Å²) in [6.07, 6.45) is 1.52. The molecule has 0 atom stereocenters. The van der Waals surface area contributed by atoms with Crippen LogP contribution in [0.25, 0.3) is 0 Å². The van der Waals surface area contributed by atoms with Gasteiger partial charge in [-0.25, -0.2) is 9.78 Å². The predicted molar refractivity (Wildman–Crippen MR) is 59.6 cm³/mol. The molecule has 0 aliphatic carbocycles. The van der Waals surface area contributed by atoms with Gasteiger partial charge in [0.2, 0.25) is 0 Å². The second kappa shape index (κ2) is 6.79. The minimum absolute atomic E-state index is 0.294. The fourth-order valence-corrected chi connectivity index (χ4v) is 1.06. The Kier molecular flexibility index (Phi) is 5.28. The molecule has 0 spiro atoms. The van der Waals surface area contributed by atoms with E-state index in [-0.39, 0.29) is 0 Å². The normalized spacial score (nSPS) is 9.88. The summed E-state index contributed by atoms with van der Waals surface area (Å²) in [7, 11) is 1.85. The second-order valence-electron chi connectivity index (χ2n) is 3.05. The first-order valence-corrected chi connectivity index (χ1v) is 5.18. The maximum Gasteiger partial charge on any atom is 0.356 e. The Hall–Kier alpha value is -1.62. The van der Waals surface area contributed by atoms with E-state index in [0.717, 1.165) is 6.54 Å². The van der Waals surface area contributed by atoms with Crippen LogP contribution in [0.2, 0.25) is 0 Å². The van der Waals surface area contributed by atoms with Crippen molar-refractivity contribution in [2.24, 2.45) is 0 Å². The summed E-state index contributed by atoms with van der Waals surface area (Å²) in [5.41, 5.74) is 0.294. The maximum absolute atomic E-state index is 11.3. The fraction of sp³-hybridized carbons (Fsp3) is 0.455. The third-order valence-corrected chi connectivity index (χ3v) is 1.84. The molecule has 0 radical (unpaired) electrons. The minimum Gasteiger partial charge on any atom is -0.491 e. The van der Waals surface area contributed by atoms with E-state index in [1.165, 1.54) is 6.20 Å². The molecular weight excluding hydrogens is 208 g/mol. The highest BCUT2D eigenvalue weighted by atomic mass is 16.5. The van der Waals surface area contributed by atoms with Crippen LogP contribution in [0.4, 0.5) is 0 Å². The van der Waals surface area contributed by atoms with Gasteiger partial charge in [0, 0.05) is 6.54 Å².